The molecule has 174 valence electrons. The van der Waals surface area contributed by atoms with E-state index in [1.54, 1.807) is 12.1 Å². The summed E-state index contributed by atoms with van der Waals surface area (Å²) in [6, 6.07) is 18.5. The first-order chi connectivity index (χ1) is 16.7. The Hall–Kier alpha value is -3.67. The number of aromatic nitrogens is 2. The van der Waals surface area contributed by atoms with E-state index >= 15 is 0 Å². The van der Waals surface area contributed by atoms with Crippen molar-refractivity contribution in [2.45, 2.75) is 38.6 Å². The largest absolute Gasteiger partial charge is 0.356 e. The Morgan fingerprint density at radius 2 is 1.79 bits per heavy atom. The van der Waals surface area contributed by atoms with Crippen LogP contribution in [-0.4, -0.2) is 29.0 Å². The zero-order valence-electron chi connectivity index (χ0n) is 19.2. The van der Waals surface area contributed by atoms with Gasteiger partial charge in [0.2, 0.25) is 5.91 Å². The van der Waals surface area contributed by atoms with Gasteiger partial charge in [-0.25, -0.2) is 9.37 Å². The second-order valence-electron chi connectivity index (χ2n) is 8.84. The summed E-state index contributed by atoms with van der Waals surface area (Å²) in [7, 11) is 0. The minimum absolute atomic E-state index is 0.00350. The summed E-state index contributed by atoms with van der Waals surface area (Å²) in [5.41, 5.74) is 4.99. The van der Waals surface area contributed by atoms with Gasteiger partial charge in [0.15, 0.2) is 0 Å². The number of carbonyl (C=O) groups excluding carboxylic acids is 1. The summed E-state index contributed by atoms with van der Waals surface area (Å²) in [5, 5.41) is 4.18. The summed E-state index contributed by atoms with van der Waals surface area (Å²) in [6.45, 7) is 2.51. The molecule has 2 N–H and O–H groups in total. The molecule has 4 aromatic rings. The summed E-state index contributed by atoms with van der Waals surface area (Å²) in [5.74, 6) is 0.724. The van der Waals surface area contributed by atoms with Crippen LogP contribution in [0.5, 0.6) is 0 Å². The maximum Gasteiger partial charge on any atom is 0.220 e. The quantitative estimate of drug-likeness (QED) is 0.380. The van der Waals surface area contributed by atoms with Crippen molar-refractivity contribution >= 4 is 22.6 Å². The van der Waals surface area contributed by atoms with Crippen LogP contribution in [0.2, 0.25) is 0 Å². The zero-order valence-corrected chi connectivity index (χ0v) is 19.2. The Balaban J connectivity index is 1.29. The molecule has 6 heteroatoms. The van der Waals surface area contributed by atoms with Gasteiger partial charge in [0.05, 0.1) is 0 Å². The molecule has 1 fully saturated rings. The number of fused-ring (bicyclic) bond motifs is 1. The van der Waals surface area contributed by atoms with Crippen molar-refractivity contribution in [3.05, 3.63) is 83.8 Å². The number of nitrogens with zero attached hydrogens (tertiary/aromatic N) is 2. The van der Waals surface area contributed by atoms with Gasteiger partial charge in [-0.1, -0.05) is 24.3 Å². The summed E-state index contributed by atoms with van der Waals surface area (Å²) < 4.78 is 13.5. The topological polar surface area (TPSA) is 61.0 Å². The van der Waals surface area contributed by atoms with Gasteiger partial charge >= 0.3 is 0 Å². The molecule has 2 aromatic heterocycles. The fourth-order valence-corrected chi connectivity index (χ4v) is 4.80. The molecule has 5 nitrogen and oxygen atoms in total. The van der Waals surface area contributed by atoms with Crippen LogP contribution in [-0.2, 0) is 17.8 Å². The predicted molar refractivity (Wildman–Crippen MR) is 134 cm³/mol. The highest BCUT2D eigenvalue weighted by molar-refractivity contribution is 5.91. The molecule has 1 saturated heterocycles. The van der Waals surface area contributed by atoms with Gasteiger partial charge in [-0.05, 0) is 73.2 Å². The van der Waals surface area contributed by atoms with Crippen LogP contribution in [0, 0.1) is 5.82 Å². The van der Waals surface area contributed by atoms with Crippen molar-refractivity contribution in [3.63, 3.8) is 0 Å². The average Bonchev–Trinajstić information content (AvgIpc) is 3.26. The third-order valence-corrected chi connectivity index (χ3v) is 6.55. The van der Waals surface area contributed by atoms with Gasteiger partial charge in [0.25, 0.3) is 0 Å². The number of anilines is 1. The maximum absolute atomic E-state index is 13.5. The normalized spacial score (nSPS) is 13.9. The van der Waals surface area contributed by atoms with E-state index in [-0.39, 0.29) is 11.7 Å². The minimum Gasteiger partial charge on any atom is -0.356 e. The molecule has 0 unspecified atom stereocenters. The third-order valence-electron chi connectivity index (χ3n) is 6.55. The number of nitrogens with one attached hydrogen (secondary N) is 2. The Bertz CT molecular complexity index is 1280. The first-order valence-electron chi connectivity index (χ1n) is 12.0. The van der Waals surface area contributed by atoms with Crippen molar-refractivity contribution in [1.29, 1.82) is 0 Å². The van der Waals surface area contributed by atoms with Crippen molar-refractivity contribution in [2.24, 2.45) is 0 Å². The lowest BCUT2D eigenvalue weighted by Crippen LogP contribution is -2.32. The van der Waals surface area contributed by atoms with Gasteiger partial charge in [-0.3, -0.25) is 4.79 Å². The van der Waals surface area contributed by atoms with Gasteiger partial charge in [0.1, 0.15) is 11.6 Å². The van der Waals surface area contributed by atoms with E-state index in [0.29, 0.717) is 19.4 Å². The van der Waals surface area contributed by atoms with Crippen LogP contribution in [0.3, 0.4) is 0 Å². The highest BCUT2D eigenvalue weighted by atomic mass is 19.1. The highest BCUT2D eigenvalue weighted by Gasteiger charge is 2.17. The Labute approximate surface area is 199 Å². The summed E-state index contributed by atoms with van der Waals surface area (Å²) in [4.78, 5) is 23.2. The number of para-hydroxylation sites is 1. The molecule has 1 amide bonds. The van der Waals surface area contributed by atoms with E-state index < -0.39 is 0 Å². The van der Waals surface area contributed by atoms with Crippen LogP contribution in [0.4, 0.5) is 10.2 Å². The zero-order chi connectivity index (χ0) is 23.3. The Morgan fingerprint density at radius 3 is 2.62 bits per heavy atom. The minimum atomic E-state index is -0.264. The number of H-pyrrole nitrogens is 1. The molecule has 1 aliphatic heterocycles. The molecule has 0 radical (unpaired) electrons. The van der Waals surface area contributed by atoms with Crippen LogP contribution >= 0.6 is 0 Å². The molecule has 0 aliphatic carbocycles. The standard InChI is InChI=1S/C28H29FN4O/c29-22-12-10-20(11-13-22)27-24(23-8-2-3-9-25(23)32-27)14-15-26(34)31-19-21-7-6-16-30-28(21)33-17-4-1-5-18-33/h2-3,6-13,16,32H,1,4-5,14-15,17-19H2,(H,31,34). The molecule has 5 rings (SSSR count). The molecule has 0 bridgehead atoms. The fourth-order valence-electron chi connectivity index (χ4n) is 4.80. The van der Waals surface area contributed by atoms with E-state index in [4.69, 9.17) is 0 Å². The first kappa shape index (κ1) is 22.1. The number of benzene rings is 2. The number of aryl methyl sites for hydroxylation is 1. The number of halogens is 1. The van der Waals surface area contributed by atoms with E-state index in [0.717, 1.165) is 52.2 Å². The monoisotopic (exact) mass is 456 g/mol. The summed E-state index contributed by atoms with van der Waals surface area (Å²) in [6.07, 6.45) is 6.42. The summed E-state index contributed by atoms with van der Waals surface area (Å²) >= 11 is 0. The molecular weight excluding hydrogens is 427 g/mol. The predicted octanol–water partition coefficient (Wildman–Crippen LogP) is 5.61. The third kappa shape index (κ3) is 4.81. The number of carbonyl (C=O) groups is 1. The average molecular weight is 457 g/mol. The van der Waals surface area contributed by atoms with Crippen LogP contribution in [0.25, 0.3) is 22.2 Å². The molecular formula is C28H29FN4O. The van der Waals surface area contributed by atoms with Gasteiger partial charge < -0.3 is 15.2 Å². The van der Waals surface area contributed by atoms with Crippen molar-refractivity contribution < 1.29 is 9.18 Å². The van der Waals surface area contributed by atoms with E-state index in [1.165, 1.54) is 31.4 Å². The molecule has 34 heavy (non-hydrogen) atoms. The molecule has 3 heterocycles. The number of hydrogen-bond donors (Lipinski definition) is 2. The Kier molecular flexibility index (Phi) is 6.56. The molecule has 0 saturated carbocycles. The number of piperidine rings is 1. The number of hydrogen-bond acceptors (Lipinski definition) is 3. The number of aromatic amines is 1. The van der Waals surface area contributed by atoms with Gasteiger partial charge in [0, 0.05) is 54.4 Å². The van der Waals surface area contributed by atoms with Crippen molar-refractivity contribution in [3.8, 4) is 11.3 Å². The molecule has 0 spiro atoms. The number of rotatable bonds is 7. The van der Waals surface area contributed by atoms with E-state index in [9.17, 15) is 9.18 Å². The lowest BCUT2D eigenvalue weighted by Gasteiger charge is -2.29. The lowest BCUT2D eigenvalue weighted by atomic mass is 10.0. The van der Waals surface area contributed by atoms with Crippen molar-refractivity contribution in [1.82, 2.24) is 15.3 Å². The second kappa shape index (κ2) is 10.1. The molecule has 2 aromatic carbocycles. The van der Waals surface area contributed by atoms with E-state index in [1.807, 2.05) is 36.5 Å². The smallest absolute Gasteiger partial charge is 0.220 e. The highest BCUT2D eigenvalue weighted by Crippen LogP contribution is 2.31. The Morgan fingerprint density at radius 1 is 1.00 bits per heavy atom. The second-order valence-corrected chi connectivity index (χ2v) is 8.84. The lowest BCUT2D eigenvalue weighted by molar-refractivity contribution is -0.121. The molecule has 1 aliphatic rings. The van der Waals surface area contributed by atoms with Crippen LogP contribution < -0.4 is 10.2 Å². The SMILES string of the molecule is O=C(CCc1c(-c2ccc(F)cc2)[nH]c2ccccc12)NCc1cccnc1N1CCCCC1. The first-order valence-corrected chi connectivity index (χ1v) is 12.0. The van der Waals surface area contributed by atoms with Gasteiger partial charge in [-0.15, -0.1) is 0 Å². The van der Waals surface area contributed by atoms with Crippen LogP contribution in [0.1, 0.15) is 36.8 Å². The maximum atomic E-state index is 13.5. The van der Waals surface area contributed by atoms with Crippen molar-refractivity contribution in [2.75, 3.05) is 18.0 Å². The van der Waals surface area contributed by atoms with E-state index in [2.05, 4.69) is 26.3 Å². The van der Waals surface area contributed by atoms with Gasteiger partial charge in [-0.2, -0.15) is 0 Å². The fraction of sp³-hybridized carbons (Fsp3) is 0.286. The molecule has 0 atom stereocenters. The number of amides is 1. The number of pyridine rings is 1. The van der Waals surface area contributed by atoms with Crippen LogP contribution in [0.15, 0.2) is 66.9 Å².